The van der Waals surface area contributed by atoms with Gasteiger partial charge >= 0.3 is 5.97 Å². The van der Waals surface area contributed by atoms with Crippen LogP contribution in [0.5, 0.6) is 0 Å². The van der Waals surface area contributed by atoms with Crippen LogP contribution >= 0.6 is 0 Å². The normalized spacial score (nSPS) is 10.8. The molecule has 0 atom stereocenters. The van der Waals surface area contributed by atoms with E-state index in [0.29, 0.717) is 23.4 Å². The summed E-state index contributed by atoms with van der Waals surface area (Å²) >= 11 is 0. The van der Waals surface area contributed by atoms with Crippen molar-refractivity contribution in [1.29, 1.82) is 0 Å². The Kier molecular flexibility index (Phi) is 8.16. The van der Waals surface area contributed by atoms with Gasteiger partial charge in [-0.2, -0.15) is 0 Å². The molecule has 0 spiro atoms. The summed E-state index contributed by atoms with van der Waals surface area (Å²) in [7, 11) is 0. The summed E-state index contributed by atoms with van der Waals surface area (Å²) in [5.41, 5.74) is 6.21. The summed E-state index contributed by atoms with van der Waals surface area (Å²) in [6.07, 6.45) is 0. The molecule has 0 bridgehead atoms. The maximum Gasteiger partial charge on any atom is 0.355 e. The number of amides is 1. The number of hydrogen-bond donors (Lipinski definition) is 1. The van der Waals surface area contributed by atoms with E-state index in [-0.39, 0.29) is 12.5 Å². The predicted octanol–water partition coefficient (Wildman–Crippen LogP) is 5.74. The monoisotopic (exact) mass is 461 g/mol. The summed E-state index contributed by atoms with van der Waals surface area (Å²) in [5.74, 6) is -0.649. The molecule has 3 aromatic rings. The minimum absolute atomic E-state index is 0.231. The predicted molar refractivity (Wildman–Crippen MR) is 138 cm³/mol. The van der Waals surface area contributed by atoms with Crippen LogP contribution in [0.2, 0.25) is 0 Å². The second kappa shape index (κ2) is 11.1. The van der Waals surface area contributed by atoms with E-state index in [2.05, 4.69) is 30.1 Å². The number of ether oxygens (including phenoxy) is 1. The number of carbonyl (C=O) groups excluding carboxylic acids is 2. The third kappa shape index (κ3) is 5.16. The van der Waals surface area contributed by atoms with Gasteiger partial charge in [-0.05, 0) is 76.4 Å². The summed E-state index contributed by atoms with van der Waals surface area (Å²) < 4.78 is 7.22. The molecule has 0 aliphatic rings. The fourth-order valence-electron chi connectivity index (χ4n) is 4.41. The molecule has 0 saturated carbocycles. The zero-order valence-electron chi connectivity index (χ0n) is 21.1. The molecule has 0 aliphatic heterocycles. The van der Waals surface area contributed by atoms with Gasteiger partial charge in [-0.15, -0.1) is 0 Å². The molecule has 6 nitrogen and oxygen atoms in total. The van der Waals surface area contributed by atoms with Crippen LogP contribution in [-0.4, -0.2) is 36.1 Å². The number of nitrogens with zero attached hydrogens (tertiary/aromatic N) is 2. The Hall–Kier alpha value is -3.54. The average molecular weight is 462 g/mol. The van der Waals surface area contributed by atoms with Crippen LogP contribution in [-0.2, 0) is 11.3 Å². The highest BCUT2D eigenvalue weighted by Gasteiger charge is 2.27. The van der Waals surface area contributed by atoms with Gasteiger partial charge in [0.15, 0.2) is 0 Å². The van der Waals surface area contributed by atoms with Crippen molar-refractivity contribution in [2.45, 2.75) is 48.1 Å². The second-order valence-corrected chi connectivity index (χ2v) is 8.35. The first-order valence-corrected chi connectivity index (χ1v) is 11.9. The molecule has 34 heavy (non-hydrogen) atoms. The molecule has 1 N–H and O–H groups in total. The van der Waals surface area contributed by atoms with Crippen molar-refractivity contribution in [2.75, 3.05) is 29.9 Å². The highest BCUT2D eigenvalue weighted by atomic mass is 16.5. The fourth-order valence-corrected chi connectivity index (χ4v) is 4.41. The largest absolute Gasteiger partial charge is 0.461 e. The average Bonchev–Trinajstić information content (AvgIpc) is 3.06. The van der Waals surface area contributed by atoms with Crippen LogP contribution in [0.3, 0.4) is 0 Å². The molecule has 0 fully saturated rings. The first kappa shape index (κ1) is 25.1. The molecular weight excluding hydrogens is 426 g/mol. The summed E-state index contributed by atoms with van der Waals surface area (Å²) in [5, 5.41) is 3.06. The van der Waals surface area contributed by atoms with Gasteiger partial charge in [-0.25, -0.2) is 4.79 Å². The Morgan fingerprint density at radius 1 is 0.971 bits per heavy atom. The van der Waals surface area contributed by atoms with E-state index in [1.54, 1.807) is 6.92 Å². The number of hydrogen-bond acceptors (Lipinski definition) is 4. The molecule has 1 aromatic heterocycles. The number of esters is 1. The first-order chi connectivity index (χ1) is 16.3. The molecule has 3 rings (SSSR count). The summed E-state index contributed by atoms with van der Waals surface area (Å²) in [4.78, 5) is 28.6. The number of rotatable bonds is 9. The molecule has 1 amide bonds. The van der Waals surface area contributed by atoms with E-state index in [9.17, 15) is 9.59 Å². The Morgan fingerprint density at radius 2 is 1.65 bits per heavy atom. The first-order valence-electron chi connectivity index (χ1n) is 11.9. The molecule has 0 saturated heterocycles. The van der Waals surface area contributed by atoms with Crippen molar-refractivity contribution >= 4 is 23.3 Å². The topological polar surface area (TPSA) is 63.6 Å². The SMILES string of the molecule is CCOC(=O)c1c(C)c(C(=O)Nc2ccc(N(CC)CC)cc2C)c(C)n1Cc1ccccc1. The van der Waals surface area contributed by atoms with Crippen LogP contribution < -0.4 is 10.2 Å². The van der Waals surface area contributed by atoms with Crippen molar-refractivity contribution in [3.63, 3.8) is 0 Å². The lowest BCUT2D eigenvalue weighted by Crippen LogP contribution is -2.22. The van der Waals surface area contributed by atoms with Gasteiger partial charge in [-0.3, -0.25) is 4.79 Å². The van der Waals surface area contributed by atoms with E-state index < -0.39 is 5.97 Å². The second-order valence-electron chi connectivity index (χ2n) is 8.35. The van der Waals surface area contributed by atoms with E-state index in [0.717, 1.165) is 41.3 Å². The number of aromatic nitrogens is 1. The molecule has 0 aliphatic carbocycles. The van der Waals surface area contributed by atoms with Crippen LogP contribution in [0.4, 0.5) is 11.4 Å². The van der Waals surface area contributed by atoms with Crippen LogP contribution in [0, 0.1) is 20.8 Å². The standard InChI is InChI=1S/C28H35N3O3/c1-7-30(8-2)23-15-16-24(19(4)17-23)29-27(32)25-20(5)26(28(33)34-9-3)31(21(25)6)18-22-13-11-10-12-14-22/h10-17H,7-9,18H2,1-6H3,(H,29,32). The molecule has 180 valence electrons. The van der Waals surface area contributed by atoms with Crippen molar-refractivity contribution in [1.82, 2.24) is 4.57 Å². The van der Waals surface area contributed by atoms with Crippen molar-refractivity contribution in [3.05, 3.63) is 82.2 Å². The Labute approximate surface area is 202 Å². The number of carbonyl (C=O) groups is 2. The van der Waals surface area contributed by atoms with Crippen LogP contribution in [0.15, 0.2) is 48.5 Å². The number of nitrogens with one attached hydrogen (secondary N) is 1. The molecule has 2 aromatic carbocycles. The van der Waals surface area contributed by atoms with Gasteiger partial charge in [0.1, 0.15) is 5.69 Å². The molecule has 1 heterocycles. The molecule has 0 radical (unpaired) electrons. The van der Waals surface area contributed by atoms with Crippen LogP contribution in [0.25, 0.3) is 0 Å². The van der Waals surface area contributed by atoms with Gasteiger partial charge in [0.25, 0.3) is 5.91 Å². The third-order valence-corrected chi connectivity index (χ3v) is 6.23. The molecule has 6 heteroatoms. The maximum absolute atomic E-state index is 13.5. The number of aryl methyl sites for hydroxylation is 1. The lowest BCUT2D eigenvalue weighted by Gasteiger charge is -2.22. The summed E-state index contributed by atoms with van der Waals surface area (Å²) in [6, 6.07) is 15.9. The lowest BCUT2D eigenvalue weighted by atomic mass is 10.1. The van der Waals surface area contributed by atoms with Crippen molar-refractivity contribution in [3.8, 4) is 0 Å². The highest BCUT2D eigenvalue weighted by molar-refractivity contribution is 6.08. The zero-order chi connectivity index (χ0) is 24.8. The van der Waals surface area contributed by atoms with Crippen molar-refractivity contribution in [2.24, 2.45) is 0 Å². The minimum atomic E-state index is -0.419. The van der Waals surface area contributed by atoms with E-state index in [4.69, 9.17) is 4.74 Å². The van der Waals surface area contributed by atoms with Gasteiger partial charge < -0.3 is 19.5 Å². The summed E-state index contributed by atoms with van der Waals surface area (Å²) in [6.45, 7) is 14.3. The van der Waals surface area contributed by atoms with Gasteiger partial charge in [-0.1, -0.05) is 30.3 Å². The Balaban J connectivity index is 1.98. The van der Waals surface area contributed by atoms with E-state index in [1.807, 2.05) is 67.8 Å². The Morgan fingerprint density at radius 3 is 2.24 bits per heavy atom. The maximum atomic E-state index is 13.5. The van der Waals surface area contributed by atoms with E-state index >= 15 is 0 Å². The van der Waals surface area contributed by atoms with E-state index in [1.165, 1.54) is 0 Å². The number of anilines is 2. The van der Waals surface area contributed by atoms with Crippen molar-refractivity contribution < 1.29 is 14.3 Å². The lowest BCUT2D eigenvalue weighted by molar-refractivity contribution is 0.0513. The van der Waals surface area contributed by atoms with Gasteiger partial charge in [0.2, 0.25) is 0 Å². The molecular formula is C28H35N3O3. The van der Waals surface area contributed by atoms with Crippen LogP contribution in [0.1, 0.15) is 64.0 Å². The third-order valence-electron chi connectivity index (χ3n) is 6.23. The minimum Gasteiger partial charge on any atom is -0.461 e. The van der Waals surface area contributed by atoms with Gasteiger partial charge in [0, 0.05) is 36.7 Å². The fraction of sp³-hybridized carbons (Fsp3) is 0.357. The zero-order valence-corrected chi connectivity index (χ0v) is 21.1. The number of benzene rings is 2. The van der Waals surface area contributed by atoms with Gasteiger partial charge in [0.05, 0.1) is 12.2 Å². The molecule has 0 unspecified atom stereocenters. The highest BCUT2D eigenvalue weighted by Crippen LogP contribution is 2.27. The Bertz CT molecular complexity index is 1160. The quantitative estimate of drug-likeness (QED) is 0.413. The smallest absolute Gasteiger partial charge is 0.355 e.